The van der Waals surface area contributed by atoms with Crippen molar-refractivity contribution in [1.82, 2.24) is 5.32 Å². The minimum Gasteiger partial charge on any atom is -0.328 e. The minimum absolute atomic E-state index is 0.0973. The van der Waals surface area contributed by atoms with Crippen LogP contribution in [0.25, 0.3) is 0 Å². The molecule has 0 spiro atoms. The molecule has 1 aliphatic carbocycles. The molecule has 1 aromatic rings. The maximum Gasteiger partial charge on any atom is 0.126 e. The summed E-state index contributed by atoms with van der Waals surface area (Å²) in [5, 5.41) is 3.50. The molecule has 1 aromatic carbocycles. The summed E-state index contributed by atoms with van der Waals surface area (Å²) in [5.74, 6) is -0.0973. The molecule has 1 fully saturated rings. The van der Waals surface area contributed by atoms with E-state index in [1.54, 1.807) is 6.07 Å². The highest BCUT2D eigenvalue weighted by molar-refractivity contribution is 5.17. The van der Waals surface area contributed by atoms with Crippen molar-refractivity contribution in [3.05, 3.63) is 35.6 Å². The monoisotopic (exact) mass is 236 g/mol. The lowest BCUT2D eigenvalue weighted by molar-refractivity contribution is 0.344. The number of nitrogens with two attached hydrogens (primary N) is 1. The van der Waals surface area contributed by atoms with Crippen LogP contribution in [-0.4, -0.2) is 18.6 Å². The van der Waals surface area contributed by atoms with E-state index in [0.29, 0.717) is 12.1 Å². The fraction of sp³-hybridized carbons (Fsp3) is 0.571. The van der Waals surface area contributed by atoms with Gasteiger partial charge in [-0.1, -0.05) is 18.2 Å². The van der Waals surface area contributed by atoms with Crippen LogP contribution in [0.2, 0.25) is 0 Å². The molecule has 3 heteroatoms. The van der Waals surface area contributed by atoms with Gasteiger partial charge in [0.15, 0.2) is 0 Å². The summed E-state index contributed by atoms with van der Waals surface area (Å²) in [4.78, 5) is 0. The molecule has 0 radical (unpaired) electrons. The number of hydrogen-bond donors (Lipinski definition) is 2. The van der Waals surface area contributed by atoms with E-state index < -0.39 is 0 Å². The first kappa shape index (κ1) is 12.5. The summed E-state index contributed by atoms with van der Waals surface area (Å²) in [7, 11) is 0. The van der Waals surface area contributed by atoms with Gasteiger partial charge in [-0.15, -0.1) is 0 Å². The standard InChI is InChI=1S/C14H21FN2/c15-14-4-2-1-3-11(14)9-10-17-13-7-5-12(16)6-8-13/h1-4,12-13,17H,5-10,16H2. The van der Waals surface area contributed by atoms with Crippen LogP contribution in [-0.2, 0) is 6.42 Å². The van der Waals surface area contributed by atoms with E-state index in [1.165, 1.54) is 6.07 Å². The van der Waals surface area contributed by atoms with E-state index in [-0.39, 0.29) is 5.82 Å². The van der Waals surface area contributed by atoms with Gasteiger partial charge in [-0.05, 0) is 50.3 Å². The molecule has 0 atom stereocenters. The first-order chi connectivity index (χ1) is 8.25. The van der Waals surface area contributed by atoms with Crippen LogP contribution < -0.4 is 11.1 Å². The van der Waals surface area contributed by atoms with Crippen molar-refractivity contribution in [2.75, 3.05) is 6.54 Å². The van der Waals surface area contributed by atoms with Gasteiger partial charge in [0.1, 0.15) is 5.82 Å². The predicted molar refractivity (Wildman–Crippen MR) is 68.3 cm³/mol. The molecule has 94 valence electrons. The maximum absolute atomic E-state index is 13.4. The number of rotatable bonds is 4. The number of halogens is 1. The van der Waals surface area contributed by atoms with E-state index in [0.717, 1.165) is 44.2 Å². The van der Waals surface area contributed by atoms with Crippen LogP contribution in [0.15, 0.2) is 24.3 Å². The van der Waals surface area contributed by atoms with E-state index in [4.69, 9.17) is 5.73 Å². The third kappa shape index (κ3) is 3.79. The van der Waals surface area contributed by atoms with Gasteiger partial charge >= 0.3 is 0 Å². The van der Waals surface area contributed by atoms with Crippen molar-refractivity contribution >= 4 is 0 Å². The minimum atomic E-state index is -0.0973. The van der Waals surface area contributed by atoms with Gasteiger partial charge in [-0.25, -0.2) is 4.39 Å². The lowest BCUT2D eigenvalue weighted by Crippen LogP contribution is -2.38. The Hall–Kier alpha value is -0.930. The third-order valence-electron chi connectivity index (χ3n) is 3.56. The largest absolute Gasteiger partial charge is 0.328 e. The predicted octanol–water partition coefficient (Wildman–Crippen LogP) is 2.23. The zero-order valence-electron chi connectivity index (χ0n) is 10.2. The topological polar surface area (TPSA) is 38.0 Å². The Labute approximate surface area is 102 Å². The van der Waals surface area contributed by atoms with Gasteiger partial charge < -0.3 is 11.1 Å². The van der Waals surface area contributed by atoms with E-state index >= 15 is 0 Å². The average molecular weight is 236 g/mol. The summed E-state index contributed by atoms with van der Waals surface area (Å²) < 4.78 is 13.4. The second-order valence-electron chi connectivity index (χ2n) is 4.91. The summed E-state index contributed by atoms with van der Waals surface area (Å²) in [6.07, 6.45) is 5.28. The Morgan fingerprint density at radius 3 is 2.59 bits per heavy atom. The molecule has 1 saturated carbocycles. The molecule has 1 aliphatic rings. The van der Waals surface area contributed by atoms with Crippen LogP contribution in [0.3, 0.4) is 0 Å². The van der Waals surface area contributed by atoms with Crippen LogP contribution >= 0.6 is 0 Å². The fourth-order valence-electron chi connectivity index (χ4n) is 2.44. The third-order valence-corrected chi connectivity index (χ3v) is 3.56. The quantitative estimate of drug-likeness (QED) is 0.841. The fourth-order valence-corrected chi connectivity index (χ4v) is 2.44. The van der Waals surface area contributed by atoms with Crippen LogP contribution in [0.5, 0.6) is 0 Å². The molecule has 2 nitrogen and oxygen atoms in total. The summed E-state index contributed by atoms with van der Waals surface area (Å²) in [6, 6.07) is 7.96. The molecule has 0 aliphatic heterocycles. The Kier molecular flexibility index (Phi) is 4.51. The zero-order valence-corrected chi connectivity index (χ0v) is 10.2. The zero-order chi connectivity index (χ0) is 12.1. The van der Waals surface area contributed by atoms with Crippen LogP contribution in [0, 0.1) is 5.82 Å². The van der Waals surface area contributed by atoms with E-state index in [9.17, 15) is 4.39 Å². The first-order valence-electron chi connectivity index (χ1n) is 6.48. The van der Waals surface area contributed by atoms with E-state index in [1.807, 2.05) is 12.1 Å². The molecule has 0 bridgehead atoms. The lowest BCUT2D eigenvalue weighted by atomic mass is 9.92. The van der Waals surface area contributed by atoms with Gasteiger partial charge in [0.2, 0.25) is 0 Å². The van der Waals surface area contributed by atoms with Crippen molar-refractivity contribution < 1.29 is 4.39 Å². The lowest BCUT2D eigenvalue weighted by Gasteiger charge is -2.26. The molecule has 0 unspecified atom stereocenters. The normalized spacial score (nSPS) is 24.8. The first-order valence-corrected chi connectivity index (χ1v) is 6.48. The van der Waals surface area contributed by atoms with Gasteiger partial charge in [-0.2, -0.15) is 0 Å². The number of benzene rings is 1. The highest BCUT2D eigenvalue weighted by atomic mass is 19.1. The Morgan fingerprint density at radius 1 is 1.18 bits per heavy atom. The second-order valence-corrected chi connectivity index (χ2v) is 4.91. The smallest absolute Gasteiger partial charge is 0.126 e. The van der Waals surface area contributed by atoms with Crippen molar-refractivity contribution in [3.8, 4) is 0 Å². The Balaban J connectivity index is 1.71. The van der Waals surface area contributed by atoms with Crippen molar-refractivity contribution in [2.24, 2.45) is 5.73 Å². The SMILES string of the molecule is NC1CCC(NCCc2ccccc2F)CC1. The van der Waals surface area contributed by atoms with Gasteiger partial charge in [0.25, 0.3) is 0 Å². The molecule has 0 amide bonds. The molecular formula is C14H21FN2. The Bertz CT molecular complexity index is 346. The van der Waals surface area contributed by atoms with Gasteiger partial charge in [0, 0.05) is 12.1 Å². The maximum atomic E-state index is 13.4. The molecular weight excluding hydrogens is 215 g/mol. The molecule has 2 rings (SSSR count). The highest BCUT2D eigenvalue weighted by Crippen LogP contribution is 2.17. The summed E-state index contributed by atoms with van der Waals surface area (Å²) in [6.45, 7) is 0.848. The van der Waals surface area contributed by atoms with Crippen molar-refractivity contribution in [2.45, 2.75) is 44.2 Å². The summed E-state index contributed by atoms with van der Waals surface area (Å²) in [5.41, 5.74) is 6.66. The Morgan fingerprint density at radius 2 is 1.88 bits per heavy atom. The van der Waals surface area contributed by atoms with Crippen LogP contribution in [0.1, 0.15) is 31.2 Å². The second kappa shape index (κ2) is 6.12. The number of nitrogens with one attached hydrogen (secondary N) is 1. The van der Waals surface area contributed by atoms with Gasteiger partial charge in [0.05, 0.1) is 0 Å². The van der Waals surface area contributed by atoms with Gasteiger partial charge in [-0.3, -0.25) is 0 Å². The van der Waals surface area contributed by atoms with Crippen molar-refractivity contribution in [3.63, 3.8) is 0 Å². The molecule has 0 saturated heterocycles. The van der Waals surface area contributed by atoms with Crippen molar-refractivity contribution in [1.29, 1.82) is 0 Å². The van der Waals surface area contributed by atoms with Crippen LogP contribution in [0.4, 0.5) is 4.39 Å². The molecule has 0 aromatic heterocycles. The number of hydrogen-bond acceptors (Lipinski definition) is 2. The van der Waals surface area contributed by atoms with E-state index in [2.05, 4.69) is 5.32 Å². The average Bonchev–Trinajstić information content (AvgIpc) is 2.34. The summed E-state index contributed by atoms with van der Waals surface area (Å²) >= 11 is 0. The highest BCUT2D eigenvalue weighted by Gasteiger charge is 2.17. The molecule has 3 N–H and O–H groups in total. The molecule has 17 heavy (non-hydrogen) atoms. The molecule has 0 heterocycles.